The number of hydrogen-bond donors (Lipinski definition) is 1. The Labute approximate surface area is 110 Å². The van der Waals surface area contributed by atoms with Gasteiger partial charge >= 0.3 is 0 Å². The van der Waals surface area contributed by atoms with Crippen molar-refractivity contribution in [1.82, 2.24) is 0 Å². The molecule has 0 aromatic heterocycles. The smallest absolute Gasteiger partial charge is 0.0386 e. The van der Waals surface area contributed by atoms with Crippen LogP contribution >= 0.6 is 11.8 Å². The summed E-state index contributed by atoms with van der Waals surface area (Å²) < 4.78 is 0. The number of benzene rings is 1. The minimum atomic E-state index is 0.179. The Balaban J connectivity index is 2.43. The first-order valence-electron chi connectivity index (χ1n) is 6.58. The largest absolute Gasteiger partial charge is 0.323 e. The molecule has 0 saturated carbocycles. The molecule has 96 valence electrons. The molecular weight excluding hydrogens is 226 g/mol. The van der Waals surface area contributed by atoms with Gasteiger partial charge in [-0.1, -0.05) is 51.5 Å². The van der Waals surface area contributed by atoms with E-state index in [4.69, 9.17) is 5.73 Å². The van der Waals surface area contributed by atoms with E-state index in [-0.39, 0.29) is 6.04 Å². The predicted molar refractivity (Wildman–Crippen MR) is 79.7 cm³/mol. The van der Waals surface area contributed by atoms with Crippen molar-refractivity contribution in [3.8, 4) is 0 Å². The fraction of sp³-hybridized carbons (Fsp3) is 0.600. The molecule has 0 spiro atoms. The van der Waals surface area contributed by atoms with Crippen LogP contribution < -0.4 is 5.73 Å². The monoisotopic (exact) mass is 251 g/mol. The normalized spacial score (nSPS) is 13.0. The molecule has 0 heterocycles. The van der Waals surface area contributed by atoms with Crippen molar-refractivity contribution < 1.29 is 0 Å². The van der Waals surface area contributed by atoms with E-state index in [1.807, 2.05) is 11.8 Å². The van der Waals surface area contributed by atoms with E-state index in [1.165, 1.54) is 29.7 Å². The van der Waals surface area contributed by atoms with Gasteiger partial charge < -0.3 is 5.73 Å². The van der Waals surface area contributed by atoms with Crippen LogP contribution in [0.1, 0.15) is 56.7 Å². The molecule has 1 aromatic carbocycles. The van der Waals surface area contributed by atoms with Gasteiger partial charge in [-0.25, -0.2) is 0 Å². The summed E-state index contributed by atoms with van der Waals surface area (Å²) in [6, 6.07) is 8.95. The summed E-state index contributed by atoms with van der Waals surface area (Å²) in [6.45, 7) is 6.66. The molecule has 1 rings (SSSR count). The molecule has 1 nitrogen and oxygen atoms in total. The molecule has 1 unspecified atom stereocenters. The lowest BCUT2D eigenvalue weighted by Gasteiger charge is -2.13. The third kappa shape index (κ3) is 5.13. The number of thioether (sulfide) groups is 1. The average molecular weight is 251 g/mol. The SMILES string of the molecule is CCCCSCC(N)c1ccc(C(C)C)cc1. The lowest BCUT2D eigenvalue weighted by atomic mass is 10.00. The summed E-state index contributed by atoms with van der Waals surface area (Å²) in [5.41, 5.74) is 8.83. The van der Waals surface area contributed by atoms with E-state index >= 15 is 0 Å². The van der Waals surface area contributed by atoms with Gasteiger partial charge in [-0.05, 0) is 29.2 Å². The predicted octanol–water partition coefficient (Wildman–Crippen LogP) is 4.34. The average Bonchev–Trinajstić information content (AvgIpc) is 2.34. The van der Waals surface area contributed by atoms with Gasteiger partial charge in [0, 0.05) is 11.8 Å². The van der Waals surface area contributed by atoms with E-state index in [2.05, 4.69) is 45.0 Å². The highest BCUT2D eigenvalue weighted by Crippen LogP contribution is 2.20. The number of nitrogens with two attached hydrogens (primary N) is 1. The third-order valence-corrected chi connectivity index (χ3v) is 4.14. The highest BCUT2D eigenvalue weighted by atomic mass is 32.2. The van der Waals surface area contributed by atoms with Crippen LogP contribution in [0.3, 0.4) is 0 Å². The molecule has 0 bridgehead atoms. The van der Waals surface area contributed by atoms with Crippen LogP contribution in [0.4, 0.5) is 0 Å². The molecule has 1 aromatic rings. The van der Waals surface area contributed by atoms with Crippen LogP contribution in [0, 0.1) is 0 Å². The summed E-state index contributed by atoms with van der Waals surface area (Å²) in [7, 11) is 0. The minimum absolute atomic E-state index is 0.179. The van der Waals surface area contributed by atoms with Crippen molar-refractivity contribution in [2.24, 2.45) is 5.73 Å². The Hall–Kier alpha value is -0.470. The van der Waals surface area contributed by atoms with E-state index < -0.39 is 0 Å². The van der Waals surface area contributed by atoms with E-state index in [0.29, 0.717) is 5.92 Å². The molecule has 2 N–H and O–H groups in total. The highest BCUT2D eigenvalue weighted by Gasteiger charge is 2.06. The lowest BCUT2D eigenvalue weighted by Crippen LogP contribution is -2.13. The second-order valence-electron chi connectivity index (χ2n) is 4.86. The second kappa shape index (κ2) is 7.78. The van der Waals surface area contributed by atoms with Gasteiger partial charge in [0.2, 0.25) is 0 Å². The standard InChI is InChI=1S/C15H25NS/c1-4-5-10-17-11-15(16)14-8-6-13(7-9-14)12(2)3/h6-9,12,15H,4-5,10-11,16H2,1-3H3. The number of unbranched alkanes of at least 4 members (excludes halogenated alkanes) is 1. The fourth-order valence-corrected chi connectivity index (χ4v) is 2.79. The van der Waals surface area contributed by atoms with Crippen molar-refractivity contribution in [3.05, 3.63) is 35.4 Å². The topological polar surface area (TPSA) is 26.0 Å². The summed E-state index contributed by atoms with van der Waals surface area (Å²) in [5.74, 6) is 2.86. The van der Waals surface area contributed by atoms with Crippen LogP contribution in [0.2, 0.25) is 0 Å². The molecule has 0 saturated heterocycles. The van der Waals surface area contributed by atoms with E-state index in [1.54, 1.807) is 0 Å². The third-order valence-electron chi connectivity index (χ3n) is 2.97. The minimum Gasteiger partial charge on any atom is -0.323 e. The van der Waals surface area contributed by atoms with Crippen LogP contribution in [-0.4, -0.2) is 11.5 Å². The van der Waals surface area contributed by atoms with Gasteiger partial charge in [-0.2, -0.15) is 11.8 Å². The van der Waals surface area contributed by atoms with Crippen LogP contribution in [-0.2, 0) is 0 Å². The first-order valence-corrected chi connectivity index (χ1v) is 7.73. The Morgan fingerprint density at radius 2 is 1.71 bits per heavy atom. The molecule has 0 amide bonds. The first kappa shape index (κ1) is 14.6. The van der Waals surface area contributed by atoms with Gasteiger partial charge in [0.15, 0.2) is 0 Å². The van der Waals surface area contributed by atoms with Gasteiger partial charge in [-0.3, -0.25) is 0 Å². The van der Waals surface area contributed by atoms with Crippen molar-refractivity contribution in [2.75, 3.05) is 11.5 Å². The number of rotatable bonds is 7. The summed E-state index contributed by atoms with van der Waals surface area (Å²) in [6.07, 6.45) is 2.56. The molecule has 0 aliphatic carbocycles. The molecular formula is C15H25NS. The maximum absolute atomic E-state index is 6.18. The van der Waals surface area contributed by atoms with Crippen LogP contribution in [0.25, 0.3) is 0 Å². The number of hydrogen-bond acceptors (Lipinski definition) is 2. The maximum atomic E-state index is 6.18. The highest BCUT2D eigenvalue weighted by molar-refractivity contribution is 7.99. The molecule has 17 heavy (non-hydrogen) atoms. The molecule has 0 fully saturated rings. The first-order chi connectivity index (χ1) is 8.15. The Morgan fingerprint density at radius 1 is 1.12 bits per heavy atom. The van der Waals surface area contributed by atoms with Crippen molar-refractivity contribution in [2.45, 2.75) is 45.6 Å². The van der Waals surface area contributed by atoms with E-state index in [0.717, 1.165) is 5.75 Å². The molecule has 0 aliphatic heterocycles. The zero-order valence-corrected chi connectivity index (χ0v) is 12.1. The van der Waals surface area contributed by atoms with Crippen LogP contribution in [0.5, 0.6) is 0 Å². The Morgan fingerprint density at radius 3 is 2.24 bits per heavy atom. The van der Waals surface area contributed by atoms with Crippen LogP contribution in [0.15, 0.2) is 24.3 Å². The molecule has 0 radical (unpaired) electrons. The van der Waals surface area contributed by atoms with Crippen molar-refractivity contribution in [3.63, 3.8) is 0 Å². The molecule has 1 atom stereocenters. The quantitative estimate of drug-likeness (QED) is 0.729. The van der Waals surface area contributed by atoms with Gasteiger partial charge in [0.05, 0.1) is 0 Å². The Bertz CT molecular complexity index is 305. The zero-order chi connectivity index (χ0) is 12.7. The van der Waals surface area contributed by atoms with Gasteiger partial charge in [0.25, 0.3) is 0 Å². The van der Waals surface area contributed by atoms with Crippen molar-refractivity contribution in [1.29, 1.82) is 0 Å². The Kier molecular flexibility index (Phi) is 6.68. The lowest BCUT2D eigenvalue weighted by molar-refractivity contribution is 0.819. The second-order valence-corrected chi connectivity index (χ2v) is 6.01. The zero-order valence-electron chi connectivity index (χ0n) is 11.3. The van der Waals surface area contributed by atoms with Crippen molar-refractivity contribution >= 4 is 11.8 Å². The summed E-state index contributed by atoms with van der Waals surface area (Å²) >= 11 is 1.97. The molecule has 2 heteroatoms. The summed E-state index contributed by atoms with van der Waals surface area (Å²) in [5, 5.41) is 0. The van der Waals surface area contributed by atoms with Gasteiger partial charge in [0.1, 0.15) is 0 Å². The summed E-state index contributed by atoms with van der Waals surface area (Å²) in [4.78, 5) is 0. The molecule has 0 aliphatic rings. The maximum Gasteiger partial charge on any atom is 0.0386 e. The fourth-order valence-electron chi connectivity index (χ4n) is 1.68. The van der Waals surface area contributed by atoms with E-state index in [9.17, 15) is 0 Å². The van der Waals surface area contributed by atoms with Gasteiger partial charge in [-0.15, -0.1) is 0 Å².